The Kier molecular flexibility index (Phi) is 5.87. The lowest BCUT2D eigenvalue weighted by Crippen LogP contribution is -3.00. The van der Waals surface area contributed by atoms with Crippen LogP contribution in [0.5, 0.6) is 0 Å². The molecule has 28 heavy (non-hydrogen) atoms. The highest BCUT2D eigenvalue weighted by Crippen LogP contribution is 2.39. The van der Waals surface area contributed by atoms with E-state index in [-0.39, 0.29) is 17.0 Å². The van der Waals surface area contributed by atoms with Crippen LogP contribution in [0.25, 0.3) is 0 Å². The van der Waals surface area contributed by atoms with Crippen LogP contribution >= 0.6 is 0 Å². The molecule has 2 aromatic carbocycles. The molecule has 0 aliphatic carbocycles. The smallest absolute Gasteiger partial charge is 0.416 e. The largest absolute Gasteiger partial charge is 1.00 e. The van der Waals surface area contributed by atoms with Crippen molar-refractivity contribution in [1.29, 1.82) is 0 Å². The molecule has 0 saturated carbocycles. The minimum Gasteiger partial charge on any atom is -1.00 e. The Hall–Kier alpha value is -1.86. The van der Waals surface area contributed by atoms with E-state index in [0.29, 0.717) is 17.8 Å². The lowest BCUT2D eigenvalue weighted by molar-refractivity contribution is -0.534. The van der Waals surface area contributed by atoms with Crippen LogP contribution in [0.4, 0.5) is 18.9 Å². The van der Waals surface area contributed by atoms with Crippen molar-refractivity contribution in [2.24, 2.45) is 0 Å². The molecule has 0 amide bonds. The van der Waals surface area contributed by atoms with Gasteiger partial charge in [-0.15, -0.1) is 0 Å². The fraction of sp³-hybridized carbons (Fsp3) is 0.381. The number of benzene rings is 2. The van der Waals surface area contributed by atoms with Crippen LogP contribution < -0.4 is 21.9 Å². The van der Waals surface area contributed by atoms with E-state index in [9.17, 15) is 18.3 Å². The van der Waals surface area contributed by atoms with Crippen molar-refractivity contribution in [3.05, 3.63) is 65.7 Å². The molecule has 1 unspecified atom stereocenters. The number of hydrogen-bond donors (Lipinski definition) is 1. The molecular weight excluding hydrogens is 433 g/mol. The number of nitrogens with zero attached hydrogens (tertiary/aromatic N) is 2. The van der Waals surface area contributed by atoms with E-state index in [2.05, 4.69) is 4.58 Å². The summed E-state index contributed by atoms with van der Waals surface area (Å²) in [5.41, 5.74) is -1.04. The molecule has 1 atom stereocenters. The van der Waals surface area contributed by atoms with Gasteiger partial charge in [-0.05, 0) is 37.5 Å². The maximum Gasteiger partial charge on any atom is 0.416 e. The van der Waals surface area contributed by atoms with Gasteiger partial charge in [-0.25, -0.2) is 0 Å². The molecule has 0 fully saturated rings. The summed E-state index contributed by atoms with van der Waals surface area (Å²) in [7, 11) is 0. The van der Waals surface area contributed by atoms with Crippen LogP contribution in [0.2, 0.25) is 0 Å². The second kappa shape index (κ2) is 7.87. The molecule has 1 N–H and O–H groups in total. The predicted molar refractivity (Wildman–Crippen MR) is 97.7 cm³/mol. The summed E-state index contributed by atoms with van der Waals surface area (Å²) < 4.78 is 41.9. The third kappa shape index (κ3) is 3.70. The summed E-state index contributed by atoms with van der Waals surface area (Å²) >= 11 is 0. The molecule has 7 heteroatoms. The lowest BCUT2D eigenvalue weighted by Gasteiger charge is -2.29. The number of aliphatic hydroxyl groups is 1. The zero-order chi connectivity index (χ0) is 19.1. The van der Waals surface area contributed by atoms with E-state index in [1.165, 1.54) is 6.07 Å². The summed E-state index contributed by atoms with van der Waals surface area (Å²) in [6, 6.07) is 14.4. The fourth-order valence-electron chi connectivity index (χ4n) is 4.13. The molecular formula is C21H22BrF3N2O. The van der Waals surface area contributed by atoms with Gasteiger partial charge >= 0.3 is 6.18 Å². The van der Waals surface area contributed by atoms with Crippen LogP contribution in [-0.4, -0.2) is 28.6 Å². The number of hydrogen-bond acceptors (Lipinski definition) is 2. The zero-order valence-electron chi connectivity index (χ0n) is 15.3. The zero-order valence-corrected chi connectivity index (χ0v) is 16.9. The second-order valence-electron chi connectivity index (χ2n) is 7.21. The molecule has 2 aromatic rings. The van der Waals surface area contributed by atoms with Gasteiger partial charge in [-0.2, -0.15) is 18.1 Å². The Morgan fingerprint density at radius 1 is 0.964 bits per heavy atom. The molecule has 0 aromatic heterocycles. The topological polar surface area (TPSA) is 26.5 Å². The van der Waals surface area contributed by atoms with Crippen LogP contribution in [0.1, 0.15) is 36.8 Å². The minimum atomic E-state index is -4.42. The SMILES string of the molecule is OC1(c2ccccc2)C[N+]2=C(CCCCC2)N1c1cccc(C(F)(F)F)c1.[Br-]. The van der Waals surface area contributed by atoms with Crippen LogP contribution in [-0.2, 0) is 11.9 Å². The molecule has 0 spiro atoms. The standard InChI is InChI=1S/C21H22F3N2O.BrH/c22-21(23,24)17-10-7-11-18(14-17)26-19-12-5-2-6-13-25(19)15-20(26,27)16-8-3-1-4-9-16;/h1,3-4,7-11,14,27H,2,5-6,12-13,15H2;1H/q+1;/p-1. The summed E-state index contributed by atoms with van der Waals surface area (Å²) in [4.78, 5) is 1.71. The molecule has 2 aliphatic heterocycles. The summed E-state index contributed by atoms with van der Waals surface area (Å²) in [5.74, 6) is 0.901. The van der Waals surface area contributed by atoms with E-state index < -0.39 is 17.5 Å². The Bertz CT molecular complexity index is 869. The Morgan fingerprint density at radius 2 is 1.71 bits per heavy atom. The number of anilines is 1. The molecule has 4 rings (SSSR count). The Labute approximate surface area is 172 Å². The van der Waals surface area contributed by atoms with Gasteiger partial charge in [0.25, 0.3) is 11.6 Å². The highest BCUT2D eigenvalue weighted by molar-refractivity contribution is 5.97. The first-order chi connectivity index (χ1) is 12.9. The van der Waals surface area contributed by atoms with Gasteiger partial charge in [0.2, 0.25) is 0 Å². The number of halogens is 4. The molecule has 150 valence electrons. The first-order valence-electron chi connectivity index (χ1n) is 9.26. The third-order valence-corrected chi connectivity index (χ3v) is 5.40. The summed E-state index contributed by atoms with van der Waals surface area (Å²) in [5, 5.41) is 11.7. The second-order valence-corrected chi connectivity index (χ2v) is 7.21. The quantitative estimate of drug-likeness (QED) is 0.693. The van der Waals surface area contributed by atoms with Gasteiger partial charge in [-0.1, -0.05) is 36.4 Å². The van der Waals surface area contributed by atoms with Crippen molar-refractivity contribution in [3.63, 3.8) is 0 Å². The van der Waals surface area contributed by atoms with E-state index in [0.717, 1.165) is 50.2 Å². The summed E-state index contributed by atoms with van der Waals surface area (Å²) in [6.45, 7) is 1.16. The van der Waals surface area contributed by atoms with Crippen LogP contribution in [0.3, 0.4) is 0 Å². The lowest BCUT2D eigenvalue weighted by atomic mass is 9.99. The average Bonchev–Trinajstić information content (AvgIpc) is 2.78. The van der Waals surface area contributed by atoms with Gasteiger partial charge in [0.15, 0.2) is 6.54 Å². The van der Waals surface area contributed by atoms with Crippen molar-refractivity contribution in [2.45, 2.75) is 37.6 Å². The first kappa shape index (κ1) is 20.9. The predicted octanol–water partition coefficient (Wildman–Crippen LogP) is 1.36. The van der Waals surface area contributed by atoms with E-state index in [1.807, 2.05) is 30.3 Å². The normalized spacial score (nSPS) is 22.5. The van der Waals surface area contributed by atoms with E-state index >= 15 is 0 Å². The number of amidine groups is 1. The highest BCUT2D eigenvalue weighted by Gasteiger charge is 2.54. The third-order valence-electron chi connectivity index (χ3n) is 5.40. The van der Waals surface area contributed by atoms with Crippen LogP contribution in [0.15, 0.2) is 54.6 Å². The van der Waals surface area contributed by atoms with Crippen molar-refractivity contribution in [3.8, 4) is 0 Å². The van der Waals surface area contributed by atoms with E-state index in [1.54, 1.807) is 11.0 Å². The van der Waals surface area contributed by atoms with Crippen molar-refractivity contribution in [2.75, 3.05) is 18.0 Å². The van der Waals surface area contributed by atoms with Crippen molar-refractivity contribution < 1.29 is 39.8 Å². The molecule has 2 aliphatic rings. The maximum absolute atomic E-state index is 13.3. The summed E-state index contributed by atoms with van der Waals surface area (Å²) in [6.07, 6.45) is -0.614. The Balaban J connectivity index is 0.00000225. The van der Waals surface area contributed by atoms with Crippen LogP contribution in [0, 0.1) is 0 Å². The highest BCUT2D eigenvalue weighted by atomic mass is 79.9. The molecule has 0 bridgehead atoms. The van der Waals surface area contributed by atoms with Gasteiger partial charge in [0.1, 0.15) is 5.69 Å². The van der Waals surface area contributed by atoms with Gasteiger partial charge in [0.05, 0.1) is 12.1 Å². The Morgan fingerprint density at radius 3 is 2.43 bits per heavy atom. The van der Waals surface area contributed by atoms with Gasteiger partial charge < -0.3 is 22.1 Å². The monoisotopic (exact) mass is 454 g/mol. The fourth-order valence-corrected chi connectivity index (χ4v) is 4.13. The molecule has 2 heterocycles. The van der Waals surface area contributed by atoms with E-state index in [4.69, 9.17) is 0 Å². The molecule has 0 saturated heterocycles. The maximum atomic E-state index is 13.3. The number of rotatable bonds is 2. The molecule has 3 nitrogen and oxygen atoms in total. The van der Waals surface area contributed by atoms with Gasteiger partial charge in [-0.3, -0.25) is 4.58 Å². The minimum absolute atomic E-state index is 0. The van der Waals surface area contributed by atoms with Crippen molar-refractivity contribution in [1.82, 2.24) is 0 Å². The number of alkyl halides is 3. The van der Waals surface area contributed by atoms with Gasteiger partial charge in [0, 0.05) is 12.0 Å². The average molecular weight is 455 g/mol. The van der Waals surface area contributed by atoms with Crippen molar-refractivity contribution >= 4 is 11.5 Å². The first-order valence-corrected chi connectivity index (χ1v) is 9.26. The molecule has 0 radical (unpaired) electrons.